The van der Waals surface area contributed by atoms with Crippen LogP contribution < -0.4 is 4.90 Å². The normalized spacial score (nSPS) is 17.5. The quantitative estimate of drug-likeness (QED) is 0.430. The summed E-state index contributed by atoms with van der Waals surface area (Å²) >= 11 is 0. The molecule has 160 valence electrons. The highest BCUT2D eigenvalue weighted by molar-refractivity contribution is 5.85. The van der Waals surface area contributed by atoms with Crippen molar-refractivity contribution in [3.8, 4) is 6.07 Å². The highest BCUT2D eigenvalue weighted by atomic mass is 16.5. The van der Waals surface area contributed by atoms with Crippen molar-refractivity contribution in [3.63, 3.8) is 0 Å². The molecule has 1 saturated heterocycles. The fourth-order valence-electron chi connectivity index (χ4n) is 4.00. The Morgan fingerprint density at radius 2 is 1.97 bits per heavy atom. The number of para-hydroxylation sites is 2. The van der Waals surface area contributed by atoms with E-state index in [1.54, 1.807) is 0 Å². The van der Waals surface area contributed by atoms with Gasteiger partial charge in [0.05, 0.1) is 23.7 Å². The number of anilines is 1. The van der Waals surface area contributed by atoms with Crippen molar-refractivity contribution in [2.24, 2.45) is 5.92 Å². The van der Waals surface area contributed by atoms with E-state index >= 15 is 0 Å². The number of esters is 1. The van der Waals surface area contributed by atoms with Gasteiger partial charge in [-0.05, 0) is 37.3 Å². The molecule has 3 rings (SSSR count). The van der Waals surface area contributed by atoms with E-state index in [-0.39, 0.29) is 0 Å². The molecule has 2 aromatic rings. The number of ether oxygens (including phenoxy) is 1. The van der Waals surface area contributed by atoms with Crippen molar-refractivity contribution in [3.05, 3.63) is 30.0 Å². The zero-order chi connectivity index (χ0) is 21.3. The predicted octanol–water partition coefficient (Wildman–Crippen LogP) is 4.99. The number of aromatic nitrogens is 2. The minimum Gasteiger partial charge on any atom is -0.464 e. The molecule has 6 heteroatoms. The minimum absolute atomic E-state index is 0.345. The maximum Gasteiger partial charge on any atom is 0.329 e. The predicted molar refractivity (Wildman–Crippen MR) is 118 cm³/mol. The Bertz CT molecular complexity index is 892. The topological polar surface area (TPSA) is 79.1 Å². The molecule has 0 bridgehead atoms. The van der Waals surface area contributed by atoms with Crippen molar-refractivity contribution in [1.82, 2.24) is 9.97 Å². The first-order valence-electron chi connectivity index (χ1n) is 11.2. The standard InChI is InChI=1S/C24H32N4O2/c1-3-4-5-6-9-15-30-24(29)19(16-25)22-23(28-14-10-11-18(2)17-28)27-21-13-8-7-12-20(21)26-22/h7-8,12-13,18-19H,3-6,9-11,14-15,17H2,1-2H3/t18-,19+/m1/s1. The number of nitrogens with zero attached hydrogens (tertiary/aromatic N) is 4. The van der Waals surface area contributed by atoms with E-state index in [0.29, 0.717) is 29.6 Å². The summed E-state index contributed by atoms with van der Waals surface area (Å²) < 4.78 is 5.46. The molecule has 1 aliphatic heterocycles. The molecule has 1 aromatic carbocycles. The van der Waals surface area contributed by atoms with E-state index in [2.05, 4.69) is 24.8 Å². The van der Waals surface area contributed by atoms with E-state index in [0.717, 1.165) is 44.3 Å². The lowest BCUT2D eigenvalue weighted by atomic mass is 9.99. The van der Waals surface area contributed by atoms with Crippen LogP contribution >= 0.6 is 0 Å². The number of piperidine rings is 1. The lowest BCUT2D eigenvalue weighted by Crippen LogP contribution is -2.36. The highest BCUT2D eigenvalue weighted by Gasteiger charge is 2.31. The Labute approximate surface area is 179 Å². The van der Waals surface area contributed by atoms with Crippen molar-refractivity contribution in [1.29, 1.82) is 5.26 Å². The molecule has 0 unspecified atom stereocenters. The lowest BCUT2D eigenvalue weighted by Gasteiger charge is -2.33. The number of fused-ring (bicyclic) bond motifs is 1. The zero-order valence-corrected chi connectivity index (χ0v) is 18.1. The molecule has 30 heavy (non-hydrogen) atoms. The van der Waals surface area contributed by atoms with Crippen LogP contribution in [0.5, 0.6) is 0 Å². The molecular formula is C24H32N4O2. The third-order valence-electron chi connectivity index (χ3n) is 5.67. The number of benzene rings is 1. The third-order valence-corrected chi connectivity index (χ3v) is 5.67. The van der Waals surface area contributed by atoms with Crippen LogP contribution in [0.15, 0.2) is 24.3 Å². The average Bonchev–Trinajstić information content (AvgIpc) is 2.76. The van der Waals surface area contributed by atoms with Gasteiger partial charge in [-0.3, -0.25) is 4.79 Å². The number of hydrogen-bond donors (Lipinski definition) is 0. The number of hydrogen-bond acceptors (Lipinski definition) is 6. The zero-order valence-electron chi connectivity index (χ0n) is 18.1. The summed E-state index contributed by atoms with van der Waals surface area (Å²) in [4.78, 5) is 24.5. The first kappa shape index (κ1) is 22.0. The number of unbranched alkanes of at least 4 members (excludes halogenated alkanes) is 4. The fourth-order valence-corrected chi connectivity index (χ4v) is 4.00. The van der Waals surface area contributed by atoms with Gasteiger partial charge in [-0.1, -0.05) is 51.7 Å². The number of nitriles is 1. The summed E-state index contributed by atoms with van der Waals surface area (Å²) in [7, 11) is 0. The maximum absolute atomic E-state index is 12.8. The minimum atomic E-state index is -1.06. The van der Waals surface area contributed by atoms with Crippen LogP contribution in [-0.4, -0.2) is 35.6 Å². The molecule has 0 N–H and O–H groups in total. The van der Waals surface area contributed by atoms with Gasteiger partial charge in [-0.15, -0.1) is 0 Å². The smallest absolute Gasteiger partial charge is 0.329 e. The average molecular weight is 409 g/mol. The molecule has 1 fully saturated rings. The number of carbonyl (C=O) groups is 1. The van der Waals surface area contributed by atoms with Crippen molar-refractivity contribution in [2.45, 2.75) is 64.7 Å². The highest BCUT2D eigenvalue weighted by Crippen LogP contribution is 2.30. The second-order valence-corrected chi connectivity index (χ2v) is 8.26. The van der Waals surface area contributed by atoms with E-state index in [1.807, 2.05) is 24.3 Å². The molecule has 0 saturated carbocycles. The molecule has 2 atom stereocenters. The Morgan fingerprint density at radius 3 is 2.67 bits per heavy atom. The third kappa shape index (κ3) is 5.47. The summed E-state index contributed by atoms with van der Waals surface area (Å²) in [5.74, 6) is -0.406. The van der Waals surface area contributed by atoms with Crippen LogP contribution in [0.1, 0.15) is 70.4 Å². The largest absolute Gasteiger partial charge is 0.464 e. The first-order valence-corrected chi connectivity index (χ1v) is 11.2. The van der Waals surface area contributed by atoms with Crippen molar-refractivity contribution in [2.75, 3.05) is 24.6 Å². The Hall–Kier alpha value is -2.68. The van der Waals surface area contributed by atoms with Gasteiger partial charge >= 0.3 is 5.97 Å². The summed E-state index contributed by atoms with van der Waals surface area (Å²) in [5.41, 5.74) is 1.88. The summed E-state index contributed by atoms with van der Waals surface area (Å²) in [6, 6.07) is 9.72. The van der Waals surface area contributed by atoms with Gasteiger partial charge in [0, 0.05) is 13.1 Å². The second-order valence-electron chi connectivity index (χ2n) is 8.26. The van der Waals surface area contributed by atoms with E-state index in [9.17, 15) is 10.1 Å². The molecule has 6 nitrogen and oxygen atoms in total. The lowest BCUT2D eigenvalue weighted by molar-refractivity contribution is -0.144. The molecular weight excluding hydrogens is 376 g/mol. The van der Waals surface area contributed by atoms with Gasteiger partial charge in [0.25, 0.3) is 0 Å². The van der Waals surface area contributed by atoms with Crippen LogP contribution in [0.4, 0.5) is 5.82 Å². The van der Waals surface area contributed by atoms with Crippen molar-refractivity contribution >= 4 is 22.8 Å². The van der Waals surface area contributed by atoms with Crippen LogP contribution in [0, 0.1) is 17.2 Å². The SMILES string of the molecule is CCCCCCCOC(=O)[C@@H](C#N)c1nc2ccccc2nc1N1CCC[C@@H](C)C1. The first-order chi connectivity index (χ1) is 14.6. The Morgan fingerprint density at radius 1 is 1.23 bits per heavy atom. The fraction of sp³-hybridized carbons (Fsp3) is 0.583. The van der Waals surface area contributed by atoms with Gasteiger partial charge in [-0.2, -0.15) is 5.26 Å². The van der Waals surface area contributed by atoms with Crippen LogP contribution in [0.25, 0.3) is 11.0 Å². The Kier molecular flexibility index (Phi) is 8.01. The molecule has 1 aromatic heterocycles. The molecule has 0 amide bonds. The van der Waals surface area contributed by atoms with Crippen molar-refractivity contribution < 1.29 is 9.53 Å². The molecule has 0 radical (unpaired) electrons. The molecule has 0 aliphatic carbocycles. The maximum atomic E-state index is 12.8. The van der Waals surface area contributed by atoms with Gasteiger partial charge < -0.3 is 9.64 Å². The van der Waals surface area contributed by atoms with Gasteiger partial charge in [0.1, 0.15) is 5.69 Å². The molecule has 0 spiro atoms. The molecule has 1 aliphatic rings. The van der Waals surface area contributed by atoms with E-state index in [4.69, 9.17) is 14.7 Å². The van der Waals surface area contributed by atoms with Gasteiger partial charge in [0.2, 0.25) is 0 Å². The summed E-state index contributed by atoms with van der Waals surface area (Å²) in [5, 5.41) is 9.83. The molecule has 2 heterocycles. The summed E-state index contributed by atoms with van der Waals surface area (Å²) in [6.45, 7) is 6.44. The Balaban J connectivity index is 1.83. The van der Waals surface area contributed by atoms with Crippen LogP contribution in [-0.2, 0) is 9.53 Å². The van der Waals surface area contributed by atoms with Gasteiger partial charge in [0.15, 0.2) is 11.7 Å². The number of carbonyl (C=O) groups excluding carboxylic acids is 1. The van der Waals surface area contributed by atoms with Gasteiger partial charge in [-0.25, -0.2) is 9.97 Å². The van der Waals surface area contributed by atoms with E-state index < -0.39 is 11.9 Å². The number of rotatable bonds is 9. The summed E-state index contributed by atoms with van der Waals surface area (Å²) in [6.07, 6.45) is 7.61. The van der Waals surface area contributed by atoms with Crippen LogP contribution in [0.3, 0.4) is 0 Å². The van der Waals surface area contributed by atoms with E-state index in [1.165, 1.54) is 19.3 Å². The second kappa shape index (κ2) is 10.9. The monoisotopic (exact) mass is 408 g/mol. The van der Waals surface area contributed by atoms with Crippen LogP contribution in [0.2, 0.25) is 0 Å².